The van der Waals surface area contributed by atoms with E-state index in [1.165, 1.54) is 5.56 Å². The highest BCUT2D eigenvalue weighted by molar-refractivity contribution is 5.81. The Balaban J connectivity index is 1.23. The van der Waals surface area contributed by atoms with E-state index < -0.39 is 0 Å². The van der Waals surface area contributed by atoms with Crippen molar-refractivity contribution in [2.45, 2.75) is 0 Å². The van der Waals surface area contributed by atoms with Crippen LogP contribution >= 0.6 is 0 Å². The first-order valence-electron chi connectivity index (χ1n) is 15.8. The van der Waals surface area contributed by atoms with E-state index in [0.29, 0.717) is 17.5 Å². The van der Waals surface area contributed by atoms with Gasteiger partial charge in [-0.15, -0.1) is 0 Å². The normalized spacial score (nSPS) is 10.9. The second-order valence-electron chi connectivity index (χ2n) is 11.4. The van der Waals surface area contributed by atoms with Crippen LogP contribution < -0.4 is 0 Å². The number of aromatic nitrogens is 5. The molecule has 5 nitrogen and oxygen atoms in total. The Hall–Kier alpha value is -6.59. The Morgan fingerprint density at radius 2 is 0.688 bits per heavy atom. The number of pyridine rings is 2. The molecule has 0 saturated heterocycles. The molecule has 0 fully saturated rings. The van der Waals surface area contributed by atoms with E-state index in [4.69, 9.17) is 15.0 Å². The minimum absolute atomic E-state index is 0.610. The average Bonchev–Trinajstić information content (AvgIpc) is 3.19. The molecule has 0 bridgehead atoms. The van der Waals surface area contributed by atoms with Crippen LogP contribution in [0.25, 0.3) is 78.8 Å². The highest BCUT2D eigenvalue weighted by atomic mass is 15.0. The monoisotopic (exact) mass is 615 g/mol. The van der Waals surface area contributed by atoms with Gasteiger partial charge < -0.3 is 0 Å². The largest absolute Gasteiger partial charge is 0.265 e. The molecule has 3 aromatic heterocycles. The number of hydrogen-bond acceptors (Lipinski definition) is 5. The number of rotatable bonds is 7. The Labute approximate surface area is 279 Å². The minimum atomic E-state index is 0.610. The zero-order valence-electron chi connectivity index (χ0n) is 26.0. The third-order valence-electron chi connectivity index (χ3n) is 8.29. The molecule has 226 valence electrons. The van der Waals surface area contributed by atoms with Crippen LogP contribution in [0, 0.1) is 0 Å². The lowest BCUT2D eigenvalue weighted by atomic mass is 9.95. The molecule has 0 spiro atoms. The fourth-order valence-electron chi connectivity index (χ4n) is 5.80. The van der Waals surface area contributed by atoms with Crippen LogP contribution in [0.15, 0.2) is 176 Å². The lowest BCUT2D eigenvalue weighted by Crippen LogP contribution is -2.00. The van der Waals surface area contributed by atoms with E-state index in [2.05, 4.69) is 82.8 Å². The molecule has 0 saturated carbocycles. The summed E-state index contributed by atoms with van der Waals surface area (Å²) in [7, 11) is 0. The van der Waals surface area contributed by atoms with Crippen LogP contribution in [0.2, 0.25) is 0 Å². The van der Waals surface area contributed by atoms with Crippen molar-refractivity contribution in [3.8, 4) is 78.8 Å². The second kappa shape index (κ2) is 13.0. The second-order valence-corrected chi connectivity index (χ2v) is 11.4. The molecule has 0 aliphatic carbocycles. The maximum Gasteiger partial charge on any atom is 0.164 e. The van der Waals surface area contributed by atoms with Crippen molar-refractivity contribution in [3.63, 3.8) is 0 Å². The fourth-order valence-corrected chi connectivity index (χ4v) is 5.80. The Morgan fingerprint density at radius 3 is 1.25 bits per heavy atom. The molecule has 3 heterocycles. The van der Waals surface area contributed by atoms with Gasteiger partial charge in [-0.3, -0.25) is 9.97 Å². The zero-order chi connectivity index (χ0) is 32.1. The van der Waals surface area contributed by atoms with Gasteiger partial charge in [-0.25, -0.2) is 15.0 Å². The van der Waals surface area contributed by atoms with Gasteiger partial charge in [0, 0.05) is 40.8 Å². The van der Waals surface area contributed by atoms with Crippen LogP contribution in [0.1, 0.15) is 0 Å². The zero-order valence-corrected chi connectivity index (χ0v) is 26.0. The van der Waals surface area contributed by atoms with Crippen molar-refractivity contribution < 1.29 is 0 Å². The van der Waals surface area contributed by atoms with E-state index >= 15 is 0 Å². The molecule has 0 radical (unpaired) electrons. The fraction of sp³-hybridized carbons (Fsp3) is 0. The van der Waals surface area contributed by atoms with Crippen molar-refractivity contribution in [1.29, 1.82) is 0 Å². The maximum atomic E-state index is 5.01. The van der Waals surface area contributed by atoms with Crippen molar-refractivity contribution in [2.24, 2.45) is 0 Å². The highest BCUT2D eigenvalue weighted by Gasteiger charge is 2.15. The van der Waals surface area contributed by atoms with Crippen LogP contribution in [0.3, 0.4) is 0 Å². The molecular formula is C43H29N5. The number of nitrogens with zero attached hydrogens (tertiary/aromatic N) is 5. The predicted octanol–water partition coefficient (Wildman–Crippen LogP) is 10.3. The first-order valence-corrected chi connectivity index (χ1v) is 15.8. The Bertz CT molecular complexity index is 2250. The van der Waals surface area contributed by atoms with Crippen molar-refractivity contribution in [2.75, 3.05) is 0 Å². The van der Waals surface area contributed by atoms with Crippen LogP contribution in [0.5, 0.6) is 0 Å². The van der Waals surface area contributed by atoms with E-state index in [0.717, 1.165) is 55.8 Å². The number of benzene rings is 5. The topological polar surface area (TPSA) is 64.5 Å². The van der Waals surface area contributed by atoms with Crippen molar-refractivity contribution in [3.05, 3.63) is 176 Å². The third-order valence-corrected chi connectivity index (χ3v) is 8.29. The van der Waals surface area contributed by atoms with Crippen LogP contribution in [-0.4, -0.2) is 24.9 Å². The molecule has 5 heteroatoms. The lowest BCUT2D eigenvalue weighted by Gasteiger charge is -2.13. The van der Waals surface area contributed by atoms with Crippen LogP contribution in [-0.2, 0) is 0 Å². The summed E-state index contributed by atoms with van der Waals surface area (Å²) in [5.41, 5.74) is 11.3. The van der Waals surface area contributed by atoms with Gasteiger partial charge >= 0.3 is 0 Å². The molecule has 0 atom stereocenters. The van der Waals surface area contributed by atoms with Gasteiger partial charge in [0.25, 0.3) is 0 Å². The van der Waals surface area contributed by atoms with E-state index in [1.807, 2.05) is 104 Å². The van der Waals surface area contributed by atoms with Gasteiger partial charge in [-0.2, -0.15) is 0 Å². The van der Waals surface area contributed by atoms with Crippen molar-refractivity contribution >= 4 is 0 Å². The SMILES string of the molecule is c1ccc(-c2ccnc(-c3ccc(-c4cc(-c5ccncc5)cc(-c5nc(-c6ccccc6)nc(-c6ccccc6)n5)c4)cc3)c2)cc1. The quantitative estimate of drug-likeness (QED) is 0.178. The van der Waals surface area contributed by atoms with E-state index in [1.54, 1.807) is 0 Å². The Morgan fingerprint density at radius 1 is 0.271 bits per heavy atom. The molecule has 0 aliphatic rings. The van der Waals surface area contributed by atoms with E-state index in [9.17, 15) is 0 Å². The summed E-state index contributed by atoms with van der Waals surface area (Å²) in [5.74, 6) is 1.87. The highest BCUT2D eigenvalue weighted by Crippen LogP contribution is 2.34. The third kappa shape index (κ3) is 6.13. The molecule has 0 aliphatic heterocycles. The molecule has 8 aromatic rings. The molecule has 0 unspecified atom stereocenters. The molecule has 8 rings (SSSR count). The summed E-state index contributed by atoms with van der Waals surface area (Å²) < 4.78 is 0. The summed E-state index contributed by atoms with van der Waals surface area (Å²) in [4.78, 5) is 23.8. The van der Waals surface area contributed by atoms with Gasteiger partial charge in [-0.1, -0.05) is 115 Å². The van der Waals surface area contributed by atoms with E-state index in [-0.39, 0.29) is 0 Å². The molecule has 5 aromatic carbocycles. The van der Waals surface area contributed by atoms with Gasteiger partial charge in [-0.05, 0) is 75.8 Å². The Kier molecular flexibility index (Phi) is 7.83. The van der Waals surface area contributed by atoms with Gasteiger partial charge in [0.05, 0.1) is 5.69 Å². The molecule has 0 N–H and O–H groups in total. The average molecular weight is 616 g/mol. The smallest absolute Gasteiger partial charge is 0.164 e. The first-order chi connectivity index (χ1) is 23.8. The van der Waals surface area contributed by atoms with Crippen molar-refractivity contribution in [1.82, 2.24) is 24.9 Å². The molecule has 0 amide bonds. The summed E-state index contributed by atoms with van der Waals surface area (Å²) in [6.07, 6.45) is 5.51. The van der Waals surface area contributed by atoms with Crippen LogP contribution in [0.4, 0.5) is 0 Å². The first kappa shape index (κ1) is 28.9. The molecule has 48 heavy (non-hydrogen) atoms. The number of hydrogen-bond donors (Lipinski definition) is 0. The van der Waals surface area contributed by atoms with Gasteiger partial charge in [0.1, 0.15) is 0 Å². The molecular weight excluding hydrogens is 587 g/mol. The maximum absolute atomic E-state index is 5.01. The lowest BCUT2D eigenvalue weighted by molar-refractivity contribution is 1.07. The minimum Gasteiger partial charge on any atom is -0.265 e. The standard InChI is InChI=1S/C43H29N5/c1-4-10-30(11-5-1)36-22-25-45-40(29-36)33-18-16-31(17-19-33)37-26-38(32-20-23-44-24-21-32)28-39(27-37)43-47-41(34-12-6-2-7-13-34)46-42(48-43)35-14-8-3-9-15-35/h1-29H. The summed E-state index contributed by atoms with van der Waals surface area (Å²) in [6, 6.07) is 53.8. The predicted molar refractivity (Wildman–Crippen MR) is 193 cm³/mol. The van der Waals surface area contributed by atoms with Gasteiger partial charge in [0.2, 0.25) is 0 Å². The van der Waals surface area contributed by atoms with Gasteiger partial charge in [0.15, 0.2) is 17.5 Å². The summed E-state index contributed by atoms with van der Waals surface area (Å²) in [5, 5.41) is 0. The summed E-state index contributed by atoms with van der Waals surface area (Å²) in [6.45, 7) is 0. The summed E-state index contributed by atoms with van der Waals surface area (Å²) >= 11 is 0.